The van der Waals surface area contributed by atoms with Crippen molar-refractivity contribution in [1.82, 2.24) is 39.9 Å². The third-order valence-corrected chi connectivity index (χ3v) is 13.8. The Morgan fingerprint density at radius 3 is 1.71 bits per heavy atom. The van der Waals surface area contributed by atoms with E-state index < -0.39 is 0 Å². The first kappa shape index (κ1) is 45.9. The minimum absolute atomic E-state index is 0.0890. The van der Waals surface area contributed by atoms with Crippen molar-refractivity contribution in [3.8, 4) is 22.8 Å². The molecular formula is C54H57ClN12O2. The molecule has 69 heavy (non-hydrogen) atoms. The second-order valence-electron chi connectivity index (χ2n) is 19.1. The van der Waals surface area contributed by atoms with Crippen LogP contribution in [0.5, 0.6) is 0 Å². The molecule has 1 N–H and O–H groups in total. The van der Waals surface area contributed by atoms with Crippen LogP contribution >= 0.6 is 11.6 Å². The highest BCUT2D eigenvalue weighted by Crippen LogP contribution is 2.48. The Balaban J connectivity index is 0.000000133. The topological polar surface area (TPSA) is 143 Å². The van der Waals surface area contributed by atoms with E-state index in [1.54, 1.807) is 18.6 Å². The summed E-state index contributed by atoms with van der Waals surface area (Å²) in [7, 11) is 0. The second-order valence-corrected chi connectivity index (χ2v) is 19.4. The van der Waals surface area contributed by atoms with E-state index in [1.165, 1.54) is 17.1 Å². The van der Waals surface area contributed by atoms with Gasteiger partial charge in [-0.1, -0.05) is 51.4 Å². The number of hydrogen-bond donors (Lipinski definition) is 1. The van der Waals surface area contributed by atoms with Crippen molar-refractivity contribution in [2.45, 2.75) is 52.4 Å². The quantitative estimate of drug-likeness (QED) is 0.175. The van der Waals surface area contributed by atoms with Crippen molar-refractivity contribution >= 4 is 62.1 Å². The van der Waals surface area contributed by atoms with E-state index in [9.17, 15) is 0 Å². The van der Waals surface area contributed by atoms with Crippen molar-refractivity contribution in [1.29, 1.82) is 0 Å². The van der Waals surface area contributed by atoms with E-state index in [2.05, 4.69) is 103 Å². The molecule has 0 bridgehead atoms. The lowest BCUT2D eigenvalue weighted by Gasteiger charge is -2.30. The number of rotatable bonds is 5. The van der Waals surface area contributed by atoms with Gasteiger partial charge in [0, 0.05) is 91.2 Å². The Hall–Kier alpha value is -6.87. The molecule has 14 nitrogen and oxygen atoms in total. The maximum atomic E-state index is 6.37. The van der Waals surface area contributed by atoms with Crippen LogP contribution in [-0.2, 0) is 20.3 Å². The number of anilines is 5. The maximum Gasteiger partial charge on any atom is 0.161 e. The maximum absolute atomic E-state index is 6.37. The molecule has 15 heteroatoms. The van der Waals surface area contributed by atoms with Gasteiger partial charge in [0.05, 0.1) is 106 Å². The van der Waals surface area contributed by atoms with Crippen LogP contribution in [0.25, 0.3) is 44.8 Å². The Kier molecular flexibility index (Phi) is 12.8. The van der Waals surface area contributed by atoms with Crippen LogP contribution in [0.1, 0.15) is 50.2 Å². The number of ether oxygens (including phenoxy) is 2. The molecule has 0 radical (unpaired) electrons. The molecule has 2 saturated heterocycles. The first-order valence-electron chi connectivity index (χ1n) is 23.6. The molecule has 4 aliphatic heterocycles. The van der Waals surface area contributed by atoms with E-state index in [1.807, 2.05) is 80.1 Å². The fourth-order valence-corrected chi connectivity index (χ4v) is 9.86. The third-order valence-electron chi connectivity index (χ3n) is 13.3. The van der Waals surface area contributed by atoms with Gasteiger partial charge in [-0.15, -0.1) is 0 Å². The zero-order valence-electron chi connectivity index (χ0n) is 40.1. The van der Waals surface area contributed by atoms with Gasteiger partial charge in [0.15, 0.2) is 11.3 Å². The monoisotopic (exact) mass is 940 g/mol. The highest BCUT2D eigenvalue weighted by atomic mass is 35.5. The molecule has 0 unspecified atom stereocenters. The van der Waals surface area contributed by atoms with Crippen molar-refractivity contribution in [2.75, 3.05) is 85.7 Å². The van der Waals surface area contributed by atoms with Gasteiger partial charge in [0.1, 0.15) is 0 Å². The summed E-state index contributed by atoms with van der Waals surface area (Å²) in [6, 6.07) is 24.1. The summed E-state index contributed by atoms with van der Waals surface area (Å²) in [5.41, 5.74) is 14.9. The van der Waals surface area contributed by atoms with E-state index >= 15 is 0 Å². The van der Waals surface area contributed by atoms with Gasteiger partial charge >= 0.3 is 0 Å². The molecule has 8 aromatic rings. The van der Waals surface area contributed by atoms with Gasteiger partial charge in [-0.05, 0) is 80.1 Å². The first-order chi connectivity index (χ1) is 33.5. The lowest BCUT2D eigenvalue weighted by molar-refractivity contribution is 0.122. The minimum Gasteiger partial charge on any atom is -0.383 e. The second kappa shape index (κ2) is 19.3. The van der Waals surface area contributed by atoms with Gasteiger partial charge in [-0.25, -0.2) is 19.9 Å². The number of nitrogens with zero attached hydrogens (tertiary/aromatic N) is 11. The molecule has 4 aliphatic rings. The smallest absolute Gasteiger partial charge is 0.161 e. The van der Waals surface area contributed by atoms with E-state index in [-0.39, 0.29) is 10.8 Å². The molecule has 352 valence electrons. The SMILES string of the molecule is CC1(C)CNc2cc(N3CCOCC3)cnc21.Cc1c(-c2ccccn2)nc2ncccc2c1Cl.Cc1c(-c2ccccn2)nc2ncccc2c1N1CC(C)(C)c2ncc(N3CCOCC3)cc21. The Morgan fingerprint density at radius 1 is 0.580 bits per heavy atom. The summed E-state index contributed by atoms with van der Waals surface area (Å²) in [5, 5.41) is 6.05. The standard InChI is InChI=1S/C27H28N6O.C14H10ClN3.C13H19N3O/c1-18-23(21-8-4-5-9-28-21)31-26-20(7-6-10-29-26)24(18)33-17-27(2,3)25-22(33)15-19(16-30-25)32-11-13-34-14-12-32;1-9-12(15)10-5-4-8-17-14(10)18-13(9)11-6-2-3-7-16-11;1-13(2)9-15-11-7-10(8-14-12(11)13)16-3-5-17-6-4-16/h4-10,15-16H,11-14,17H2,1-3H3;2-8H,1H3;7-8,15H,3-6,9H2,1-2H3. The van der Waals surface area contributed by atoms with Crippen molar-refractivity contribution < 1.29 is 9.47 Å². The average Bonchev–Trinajstić information content (AvgIpc) is 3.85. The van der Waals surface area contributed by atoms with Crippen LogP contribution in [0.3, 0.4) is 0 Å². The predicted octanol–water partition coefficient (Wildman–Crippen LogP) is 9.94. The predicted molar refractivity (Wildman–Crippen MR) is 276 cm³/mol. The zero-order valence-corrected chi connectivity index (χ0v) is 40.8. The van der Waals surface area contributed by atoms with Crippen molar-refractivity contribution in [3.05, 3.63) is 138 Å². The van der Waals surface area contributed by atoms with Gasteiger partial charge in [-0.3, -0.25) is 19.9 Å². The van der Waals surface area contributed by atoms with Crippen LogP contribution in [0, 0.1) is 13.8 Å². The molecule has 0 saturated carbocycles. The molecule has 12 rings (SSSR count). The molecule has 0 aromatic carbocycles. The lowest BCUT2D eigenvalue weighted by Crippen LogP contribution is -2.36. The van der Waals surface area contributed by atoms with Crippen molar-refractivity contribution in [2.24, 2.45) is 0 Å². The third kappa shape index (κ3) is 9.24. The Morgan fingerprint density at radius 2 is 1.12 bits per heavy atom. The molecule has 12 heterocycles. The first-order valence-corrected chi connectivity index (χ1v) is 24.0. The van der Waals surface area contributed by atoms with Crippen LogP contribution in [0.4, 0.5) is 28.4 Å². The molecule has 8 aromatic heterocycles. The lowest BCUT2D eigenvalue weighted by atomic mass is 9.91. The molecule has 0 spiro atoms. The minimum atomic E-state index is -0.0890. The molecule has 0 atom stereocenters. The number of aromatic nitrogens is 8. The summed E-state index contributed by atoms with van der Waals surface area (Å²) in [6.45, 7) is 21.7. The van der Waals surface area contributed by atoms with E-state index in [0.29, 0.717) is 10.7 Å². The van der Waals surface area contributed by atoms with Crippen molar-refractivity contribution in [3.63, 3.8) is 0 Å². The van der Waals surface area contributed by atoms with Gasteiger partial charge in [0.25, 0.3) is 0 Å². The molecule has 0 amide bonds. The van der Waals surface area contributed by atoms with Crippen LogP contribution < -0.4 is 20.0 Å². The average molecular weight is 942 g/mol. The normalized spacial score (nSPS) is 16.8. The molecule has 0 aliphatic carbocycles. The number of nitrogens with one attached hydrogen (secondary N) is 1. The molecular weight excluding hydrogens is 884 g/mol. The van der Waals surface area contributed by atoms with Crippen LogP contribution in [0.2, 0.25) is 5.02 Å². The highest BCUT2D eigenvalue weighted by molar-refractivity contribution is 6.36. The molecule has 2 fully saturated rings. The summed E-state index contributed by atoms with van der Waals surface area (Å²) in [4.78, 5) is 44.0. The number of fused-ring (bicyclic) bond motifs is 4. The van der Waals surface area contributed by atoms with Crippen LogP contribution in [0.15, 0.2) is 110 Å². The summed E-state index contributed by atoms with van der Waals surface area (Å²) in [6.07, 6.45) is 11.1. The summed E-state index contributed by atoms with van der Waals surface area (Å²) < 4.78 is 10.9. The Bertz CT molecular complexity index is 3120. The zero-order chi connectivity index (χ0) is 47.7. The van der Waals surface area contributed by atoms with Gasteiger partial charge in [-0.2, -0.15) is 0 Å². The van der Waals surface area contributed by atoms with Gasteiger partial charge < -0.3 is 29.5 Å². The van der Waals surface area contributed by atoms with E-state index in [0.717, 1.165) is 139 Å². The number of halogens is 1. The van der Waals surface area contributed by atoms with Crippen LogP contribution in [-0.4, -0.2) is 106 Å². The summed E-state index contributed by atoms with van der Waals surface area (Å²) in [5.74, 6) is 0. The summed E-state index contributed by atoms with van der Waals surface area (Å²) >= 11 is 6.37. The van der Waals surface area contributed by atoms with E-state index in [4.69, 9.17) is 31.0 Å². The number of morpholine rings is 2. The fourth-order valence-electron chi connectivity index (χ4n) is 9.62. The Labute approximate surface area is 408 Å². The van der Waals surface area contributed by atoms with Gasteiger partial charge in [0.2, 0.25) is 0 Å². The largest absolute Gasteiger partial charge is 0.383 e. The number of hydrogen-bond acceptors (Lipinski definition) is 14. The number of pyridine rings is 8. The highest BCUT2D eigenvalue weighted by Gasteiger charge is 2.40. The fraction of sp³-hybridized carbons (Fsp3) is 0.333.